The van der Waals surface area contributed by atoms with Crippen LogP contribution >= 0.6 is 11.3 Å². The van der Waals surface area contributed by atoms with E-state index in [2.05, 4.69) is 32.0 Å². The number of likely N-dealkylation sites (tertiary alicyclic amines) is 1. The SMILES string of the molecule is CCC(CC)(CN)C(=O)N1CCC(c2nc3ccccc3s2)CC1. The van der Waals surface area contributed by atoms with Gasteiger partial charge in [0, 0.05) is 25.6 Å². The molecule has 1 aliphatic heterocycles. The van der Waals surface area contributed by atoms with Gasteiger partial charge in [-0.25, -0.2) is 4.98 Å². The van der Waals surface area contributed by atoms with Crippen LogP contribution in [0.5, 0.6) is 0 Å². The molecule has 1 saturated heterocycles. The number of carbonyl (C=O) groups is 1. The Bertz CT molecular complexity index is 658. The van der Waals surface area contributed by atoms with Gasteiger partial charge in [-0.05, 0) is 37.8 Å². The second-order valence-electron chi connectivity index (χ2n) is 6.78. The maximum Gasteiger partial charge on any atom is 0.230 e. The third-order valence-corrected chi connectivity index (χ3v) is 6.84. The van der Waals surface area contributed by atoms with Gasteiger partial charge in [-0.1, -0.05) is 26.0 Å². The Hall–Kier alpha value is -1.46. The summed E-state index contributed by atoms with van der Waals surface area (Å²) >= 11 is 1.80. The zero-order chi connectivity index (χ0) is 17.2. The lowest BCUT2D eigenvalue weighted by molar-refractivity contribution is -0.143. The van der Waals surface area contributed by atoms with Crippen molar-refractivity contribution < 1.29 is 4.79 Å². The van der Waals surface area contributed by atoms with Crippen LogP contribution in [0.25, 0.3) is 10.2 Å². The van der Waals surface area contributed by atoms with Crippen molar-refractivity contribution in [1.82, 2.24) is 9.88 Å². The lowest BCUT2D eigenvalue weighted by Gasteiger charge is -2.38. The summed E-state index contributed by atoms with van der Waals surface area (Å²) in [4.78, 5) is 19.8. The lowest BCUT2D eigenvalue weighted by Crippen LogP contribution is -2.49. The van der Waals surface area contributed by atoms with E-state index in [1.807, 2.05) is 11.0 Å². The van der Waals surface area contributed by atoms with E-state index < -0.39 is 0 Å². The molecule has 3 rings (SSSR count). The van der Waals surface area contributed by atoms with Gasteiger partial charge in [0.2, 0.25) is 5.91 Å². The van der Waals surface area contributed by atoms with Crippen molar-refractivity contribution in [2.75, 3.05) is 19.6 Å². The highest BCUT2D eigenvalue weighted by Crippen LogP contribution is 2.36. The van der Waals surface area contributed by atoms with E-state index >= 15 is 0 Å². The molecular weight excluding hydrogens is 318 g/mol. The minimum Gasteiger partial charge on any atom is -0.342 e. The first-order valence-corrected chi connectivity index (χ1v) is 9.80. The number of thiazole rings is 1. The Labute approximate surface area is 148 Å². The molecule has 1 aromatic heterocycles. The van der Waals surface area contributed by atoms with E-state index in [0.29, 0.717) is 12.5 Å². The number of piperidine rings is 1. The molecule has 0 bridgehead atoms. The van der Waals surface area contributed by atoms with Gasteiger partial charge in [-0.15, -0.1) is 11.3 Å². The minimum atomic E-state index is -0.372. The van der Waals surface area contributed by atoms with Crippen LogP contribution in [0.2, 0.25) is 0 Å². The quantitative estimate of drug-likeness (QED) is 0.897. The summed E-state index contributed by atoms with van der Waals surface area (Å²) in [6.45, 7) is 6.23. The van der Waals surface area contributed by atoms with Gasteiger partial charge in [0.25, 0.3) is 0 Å². The molecule has 0 saturated carbocycles. The molecule has 0 radical (unpaired) electrons. The standard InChI is InChI=1S/C19H27N3OS/c1-3-19(4-2,13-20)18(23)22-11-9-14(10-12-22)17-21-15-7-5-6-8-16(15)24-17/h5-8,14H,3-4,9-13,20H2,1-2H3. The Kier molecular flexibility index (Phi) is 5.21. The Morgan fingerprint density at radius 1 is 1.29 bits per heavy atom. The highest BCUT2D eigenvalue weighted by atomic mass is 32.1. The van der Waals surface area contributed by atoms with E-state index in [4.69, 9.17) is 10.7 Å². The van der Waals surface area contributed by atoms with Crippen molar-refractivity contribution in [2.45, 2.75) is 45.4 Å². The summed E-state index contributed by atoms with van der Waals surface area (Å²) in [5.41, 5.74) is 6.66. The minimum absolute atomic E-state index is 0.248. The number of amides is 1. The molecule has 5 heteroatoms. The Morgan fingerprint density at radius 2 is 1.96 bits per heavy atom. The third-order valence-electron chi connectivity index (χ3n) is 5.64. The molecule has 0 unspecified atom stereocenters. The van der Waals surface area contributed by atoms with Gasteiger partial charge in [-0.2, -0.15) is 0 Å². The van der Waals surface area contributed by atoms with Crippen molar-refractivity contribution in [3.8, 4) is 0 Å². The van der Waals surface area contributed by atoms with E-state index in [1.54, 1.807) is 11.3 Å². The number of aromatic nitrogens is 1. The topological polar surface area (TPSA) is 59.2 Å². The average Bonchev–Trinajstić information content (AvgIpc) is 3.08. The molecule has 1 fully saturated rings. The normalized spacial score (nSPS) is 16.7. The predicted octanol–water partition coefficient (Wildman–Crippen LogP) is 3.77. The largest absolute Gasteiger partial charge is 0.342 e. The van der Waals surface area contributed by atoms with E-state index in [9.17, 15) is 4.79 Å². The van der Waals surface area contributed by atoms with Crippen LogP contribution in [0.4, 0.5) is 0 Å². The second kappa shape index (κ2) is 7.19. The van der Waals surface area contributed by atoms with Crippen molar-refractivity contribution >= 4 is 27.5 Å². The van der Waals surface area contributed by atoms with Gasteiger partial charge in [0.15, 0.2) is 0 Å². The van der Waals surface area contributed by atoms with Gasteiger partial charge in [-0.3, -0.25) is 4.79 Å². The van der Waals surface area contributed by atoms with Crippen LogP contribution in [-0.4, -0.2) is 35.4 Å². The maximum atomic E-state index is 12.9. The van der Waals surface area contributed by atoms with Crippen LogP contribution < -0.4 is 5.73 Å². The fourth-order valence-corrected chi connectivity index (χ4v) is 4.79. The summed E-state index contributed by atoms with van der Waals surface area (Å²) in [6, 6.07) is 8.31. The van der Waals surface area contributed by atoms with Gasteiger partial charge >= 0.3 is 0 Å². The number of hydrogen-bond acceptors (Lipinski definition) is 4. The van der Waals surface area contributed by atoms with Crippen molar-refractivity contribution in [3.63, 3.8) is 0 Å². The number of hydrogen-bond donors (Lipinski definition) is 1. The molecule has 2 aromatic rings. The summed E-state index contributed by atoms with van der Waals surface area (Å²) in [5, 5.41) is 1.22. The zero-order valence-electron chi connectivity index (χ0n) is 14.6. The first kappa shape index (κ1) is 17.4. The Balaban J connectivity index is 1.68. The molecule has 2 heterocycles. The van der Waals surface area contributed by atoms with E-state index in [1.165, 1.54) is 9.71 Å². The number of nitrogens with zero attached hydrogens (tertiary/aromatic N) is 2. The maximum absolute atomic E-state index is 12.9. The van der Waals surface area contributed by atoms with Crippen molar-refractivity contribution in [3.05, 3.63) is 29.3 Å². The highest BCUT2D eigenvalue weighted by Gasteiger charge is 2.38. The fourth-order valence-electron chi connectivity index (χ4n) is 3.66. The number of benzene rings is 1. The molecular formula is C19H27N3OS. The van der Waals surface area contributed by atoms with Crippen LogP contribution in [0.3, 0.4) is 0 Å². The first-order valence-electron chi connectivity index (χ1n) is 8.98. The lowest BCUT2D eigenvalue weighted by atomic mass is 9.80. The average molecular weight is 346 g/mol. The van der Waals surface area contributed by atoms with Crippen LogP contribution in [0.1, 0.15) is 50.5 Å². The molecule has 0 atom stereocenters. The molecule has 1 aliphatic rings. The van der Waals surface area contributed by atoms with E-state index in [-0.39, 0.29) is 11.3 Å². The van der Waals surface area contributed by atoms with Gasteiger partial charge in [0.05, 0.1) is 20.6 Å². The first-order chi connectivity index (χ1) is 11.6. The second-order valence-corrected chi connectivity index (χ2v) is 7.84. The van der Waals surface area contributed by atoms with E-state index in [0.717, 1.165) is 44.3 Å². The molecule has 4 nitrogen and oxygen atoms in total. The van der Waals surface area contributed by atoms with Gasteiger partial charge < -0.3 is 10.6 Å². The summed E-state index contributed by atoms with van der Waals surface area (Å²) < 4.78 is 1.25. The molecule has 1 aromatic carbocycles. The molecule has 0 aliphatic carbocycles. The molecule has 0 spiro atoms. The molecule has 2 N–H and O–H groups in total. The van der Waals surface area contributed by atoms with Crippen molar-refractivity contribution in [1.29, 1.82) is 0 Å². The smallest absolute Gasteiger partial charge is 0.230 e. The Morgan fingerprint density at radius 3 is 2.54 bits per heavy atom. The third kappa shape index (κ3) is 3.07. The summed E-state index contributed by atoms with van der Waals surface area (Å²) in [5.74, 6) is 0.722. The number of carbonyl (C=O) groups excluding carboxylic acids is 1. The fraction of sp³-hybridized carbons (Fsp3) is 0.579. The van der Waals surface area contributed by atoms with Gasteiger partial charge in [0.1, 0.15) is 0 Å². The number of para-hydroxylation sites is 1. The van der Waals surface area contributed by atoms with Crippen molar-refractivity contribution in [2.24, 2.45) is 11.1 Å². The molecule has 1 amide bonds. The van der Waals surface area contributed by atoms with Crippen LogP contribution in [-0.2, 0) is 4.79 Å². The predicted molar refractivity (Wildman–Crippen MR) is 100 cm³/mol. The van der Waals surface area contributed by atoms with Crippen LogP contribution in [0.15, 0.2) is 24.3 Å². The summed E-state index contributed by atoms with van der Waals surface area (Å²) in [7, 11) is 0. The number of nitrogens with two attached hydrogens (primary N) is 1. The highest BCUT2D eigenvalue weighted by molar-refractivity contribution is 7.18. The molecule has 24 heavy (non-hydrogen) atoms. The summed E-state index contributed by atoms with van der Waals surface area (Å²) in [6.07, 6.45) is 3.63. The monoisotopic (exact) mass is 345 g/mol. The zero-order valence-corrected chi connectivity index (χ0v) is 15.4. The molecule has 130 valence electrons. The van der Waals surface area contributed by atoms with Crippen LogP contribution in [0, 0.1) is 5.41 Å². The number of rotatable bonds is 5. The number of fused-ring (bicyclic) bond motifs is 1.